The van der Waals surface area contributed by atoms with Crippen LogP contribution in [0.5, 0.6) is 5.75 Å². The van der Waals surface area contributed by atoms with Crippen molar-refractivity contribution in [2.45, 2.75) is 0 Å². The maximum absolute atomic E-state index is 12.9. The maximum Gasteiger partial charge on any atom is 0.259 e. The molecule has 0 radical (unpaired) electrons. The first-order valence-corrected chi connectivity index (χ1v) is 5.89. The minimum atomic E-state index is -0.492. The summed E-state index contributed by atoms with van der Waals surface area (Å²) in [5.41, 5.74) is 0.821. The highest BCUT2D eigenvalue weighted by Gasteiger charge is 2.16. The zero-order valence-corrected chi connectivity index (χ0v) is 10.9. The van der Waals surface area contributed by atoms with Crippen molar-refractivity contribution in [1.82, 2.24) is 0 Å². The van der Waals surface area contributed by atoms with Crippen molar-refractivity contribution >= 4 is 23.2 Å². The first-order valence-electron chi connectivity index (χ1n) is 5.51. The molecule has 0 saturated heterocycles. The molecule has 0 aliphatic carbocycles. The molecule has 0 aliphatic heterocycles. The van der Waals surface area contributed by atoms with Gasteiger partial charge in [-0.05, 0) is 42.5 Å². The molecule has 0 aliphatic rings. The summed E-state index contributed by atoms with van der Waals surface area (Å²) in [5.74, 6) is -0.728. The van der Waals surface area contributed by atoms with Gasteiger partial charge in [0.15, 0.2) is 0 Å². The Kier molecular flexibility index (Phi) is 3.71. The van der Waals surface area contributed by atoms with Gasteiger partial charge in [-0.2, -0.15) is 0 Å². The predicted molar refractivity (Wildman–Crippen MR) is 72.3 cm³/mol. The van der Waals surface area contributed by atoms with Gasteiger partial charge in [-0.1, -0.05) is 11.6 Å². The van der Waals surface area contributed by atoms with Gasteiger partial charge in [0, 0.05) is 12.7 Å². The molecule has 0 aromatic heterocycles. The predicted octanol–water partition coefficient (Wildman–Crippen LogP) is 3.46. The van der Waals surface area contributed by atoms with Crippen LogP contribution in [-0.4, -0.2) is 18.1 Å². The fraction of sp³-hybridized carbons (Fsp3) is 0.0714. The van der Waals surface area contributed by atoms with Crippen LogP contribution in [-0.2, 0) is 0 Å². The number of halogens is 2. The van der Waals surface area contributed by atoms with E-state index in [1.54, 1.807) is 19.2 Å². The Morgan fingerprint density at radius 2 is 1.84 bits per heavy atom. The minimum Gasteiger partial charge on any atom is -0.508 e. The van der Waals surface area contributed by atoms with E-state index in [1.807, 2.05) is 0 Å². The summed E-state index contributed by atoms with van der Waals surface area (Å²) in [7, 11) is 1.58. The Morgan fingerprint density at radius 3 is 2.42 bits per heavy atom. The van der Waals surface area contributed by atoms with Crippen LogP contribution < -0.4 is 4.90 Å². The largest absolute Gasteiger partial charge is 0.508 e. The average molecular weight is 280 g/mol. The van der Waals surface area contributed by atoms with Gasteiger partial charge in [0.05, 0.1) is 10.6 Å². The lowest BCUT2D eigenvalue weighted by molar-refractivity contribution is 0.0993. The van der Waals surface area contributed by atoms with Crippen LogP contribution in [0.25, 0.3) is 0 Å². The Balaban J connectivity index is 2.30. The second-order valence-electron chi connectivity index (χ2n) is 4.00. The minimum absolute atomic E-state index is 0.0654. The molecule has 1 N–H and O–H groups in total. The summed E-state index contributed by atoms with van der Waals surface area (Å²) in [6, 6.07) is 9.78. The lowest BCUT2D eigenvalue weighted by atomic mass is 10.2. The first kappa shape index (κ1) is 13.4. The van der Waals surface area contributed by atoms with Gasteiger partial charge in [0.2, 0.25) is 0 Å². The third-order valence-corrected chi connectivity index (χ3v) is 3.02. The fourth-order valence-corrected chi connectivity index (χ4v) is 1.89. The van der Waals surface area contributed by atoms with E-state index in [-0.39, 0.29) is 22.2 Å². The highest BCUT2D eigenvalue weighted by Crippen LogP contribution is 2.23. The number of carbonyl (C=O) groups excluding carboxylic acids is 1. The van der Waals surface area contributed by atoms with Gasteiger partial charge in [0.25, 0.3) is 5.91 Å². The van der Waals surface area contributed by atoms with Gasteiger partial charge in [-0.3, -0.25) is 4.79 Å². The Hall–Kier alpha value is -2.07. The van der Waals surface area contributed by atoms with Crippen molar-refractivity contribution < 1.29 is 14.3 Å². The van der Waals surface area contributed by atoms with Crippen LogP contribution >= 0.6 is 11.6 Å². The Morgan fingerprint density at radius 1 is 1.21 bits per heavy atom. The van der Waals surface area contributed by atoms with Crippen molar-refractivity contribution in [3.8, 4) is 5.75 Å². The third kappa shape index (κ3) is 2.85. The summed E-state index contributed by atoms with van der Waals surface area (Å²) >= 11 is 5.85. The molecule has 98 valence electrons. The van der Waals surface area contributed by atoms with Gasteiger partial charge in [0.1, 0.15) is 11.6 Å². The highest BCUT2D eigenvalue weighted by molar-refractivity contribution is 6.34. The number of anilines is 1. The van der Waals surface area contributed by atoms with E-state index >= 15 is 0 Å². The van der Waals surface area contributed by atoms with Crippen molar-refractivity contribution in [2.75, 3.05) is 11.9 Å². The smallest absolute Gasteiger partial charge is 0.259 e. The number of phenolic OH excluding ortho intramolecular Hbond substituents is 1. The van der Waals surface area contributed by atoms with Crippen LogP contribution in [0.3, 0.4) is 0 Å². The topological polar surface area (TPSA) is 40.5 Å². The normalized spacial score (nSPS) is 10.3. The highest BCUT2D eigenvalue weighted by atomic mass is 35.5. The molecule has 0 atom stereocenters. The number of rotatable bonds is 2. The quantitative estimate of drug-likeness (QED) is 0.914. The summed E-state index contributed by atoms with van der Waals surface area (Å²) in [5, 5.41) is 9.27. The van der Waals surface area contributed by atoms with Crippen LogP contribution in [0, 0.1) is 5.82 Å². The molecular formula is C14H11ClFNO2. The zero-order valence-electron chi connectivity index (χ0n) is 10.1. The Bertz CT molecular complexity index is 613. The Labute approximate surface area is 114 Å². The molecule has 5 heteroatoms. The maximum atomic E-state index is 12.9. The number of phenols is 1. The van der Waals surface area contributed by atoms with Crippen molar-refractivity contribution in [2.24, 2.45) is 0 Å². The number of amides is 1. The molecule has 1 amide bonds. The molecule has 0 spiro atoms. The molecular weight excluding hydrogens is 269 g/mol. The van der Waals surface area contributed by atoms with Crippen LogP contribution in [0.15, 0.2) is 42.5 Å². The molecule has 19 heavy (non-hydrogen) atoms. The average Bonchev–Trinajstić information content (AvgIpc) is 2.38. The second kappa shape index (κ2) is 5.28. The molecule has 2 aromatic carbocycles. The summed E-state index contributed by atoms with van der Waals surface area (Å²) in [6.45, 7) is 0. The molecule has 2 rings (SSSR count). The van der Waals surface area contributed by atoms with Crippen LogP contribution in [0.1, 0.15) is 10.4 Å². The number of hydrogen-bond donors (Lipinski definition) is 1. The number of nitrogens with zero attached hydrogens (tertiary/aromatic N) is 1. The van der Waals surface area contributed by atoms with Gasteiger partial charge >= 0.3 is 0 Å². The molecule has 0 saturated carbocycles. The van der Waals surface area contributed by atoms with Gasteiger partial charge < -0.3 is 10.0 Å². The van der Waals surface area contributed by atoms with E-state index < -0.39 is 5.82 Å². The molecule has 0 unspecified atom stereocenters. The zero-order chi connectivity index (χ0) is 14.0. The fourth-order valence-electron chi connectivity index (χ4n) is 1.64. The van der Waals surface area contributed by atoms with Crippen molar-refractivity contribution in [3.05, 3.63) is 58.9 Å². The number of carbonyl (C=O) groups is 1. The molecule has 3 nitrogen and oxygen atoms in total. The van der Waals surface area contributed by atoms with E-state index in [9.17, 15) is 14.3 Å². The molecule has 0 fully saturated rings. The SMILES string of the molecule is CN(C(=O)c1ccc(F)cc1Cl)c1ccc(O)cc1. The molecule has 2 aromatic rings. The van der Waals surface area contributed by atoms with Crippen molar-refractivity contribution in [3.63, 3.8) is 0 Å². The lowest BCUT2D eigenvalue weighted by Crippen LogP contribution is -2.26. The third-order valence-electron chi connectivity index (χ3n) is 2.70. The summed E-state index contributed by atoms with van der Waals surface area (Å²) in [4.78, 5) is 13.6. The first-order chi connectivity index (χ1) is 8.99. The van der Waals surface area contributed by atoms with Crippen molar-refractivity contribution in [1.29, 1.82) is 0 Å². The lowest BCUT2D eigenvalue weighted by Gasteiger charge is -2.18. The number of aromatic hydroxyl groups is 1. The standard InChI is InChI=1S/C14H11ClFNO2/c1-17(10-3-5-11(18)6-4-10)14(19)12-7-2-9(16)8-13(12)15/h2-8,18H,1H3. The van der Waals surface area contributed by atoms with Crippen LogP contribution in [0.2, 0.25) is 5.02 Å². The monoisotopic (exact) mass is 279 g/mol. The van der Waals surface area contributed by atoms with E-state index in [1.165, 1.54) is 29.2 Å². The van der Waals surface area contributed by atoms with Gasteiger partial charge in [-0.15, -0.1) is 0 Å². The van der Waals surface area contributed by atoms with E-state index in [2.05, 4.69) is 0 Å². The van der Waals surface area contributed by atoms with E-state index in [0.29, 0.717) is 5.69 Å². The molecule has 0 bridgehead atoms. The summed E-state index contributed by atoms with van der Waals surface area (Å²) in [6.07, 6.45) is 0. The molecule has 0 heterocycles. The summed E-state index contributed by atoms with van der Waals surface area (Å²) < 4.78 is 12.9. The second-order valence-corrected chi connectivity index (χ2v) is 4.41. The van der Waals surface area contributed by atoms with E-state index in [0.717, 1.165) is 6.07 Å². The van der Waals surface area contributed by atoms with E-state index in [4.69, 9.17) is 11.6 Å². The number of hydrogen-bond acceptors (Lipinski definition) is 2. The van der Waals surface area contributed by atoms with Crippen LogP contribution in [0.4, 0.5) is 10.1 Å². The number of benzene rings is 2. The van der Waals surface area contributed by atoms with Gasteiger partial charge in [-0.25, -0.2) is 4.39 Å².